The van der Waals surface area contributed by atoms with Gasteiger partial charge in [-0.1, -0.05) is 18.6 Å². The molecule has 0 aliphatic carbocycles. The lowest BCUT2D eigenvalue weighted by atomic mass is 10.0. The van der Waals surface area contributed by atoms with Crippen LogP contribution < -0.4 is 15.4 Å². The van der Waals surface area contributed by atoms with E-state index in [-0.39, 0.29) is 24.4 Å². The second-order valence-electron chi connectivity index (χ2n) is 5.67. The molecular weight excluding hydrogens is 316 g/mol. The number of methoxy groups -OCH3 is 1. The van der Waals surface area contributed by atoms with Crippen molar-refractivity contribution >= 4 is 18.3 Å². The van der Waals surface area contributed by atoms with Crippen molar-refractivity contribution in [2.75, 3.05) is 26.9 Å². The van der Waals surface area contributed by atoms with E-state index in [1.807, 2.05) is 25.1 Å². The van der Waals surface area contributed by atoms with Crippen LogP contribution in [0.4, 0.5) is 0 Å². The van der Waals surface area contributed by atoms with Crippen LogP contribution in [-0.4, -0.2) is 38.8 Å². The number of ether oxygens (including phenoxy) is 2. The van der Waals surface area contributed by atoms with E-state index in [0.29, 0.717) is 19.8 Å². The van der Waals surface area contributed by atoms with Crippen molar-refractivity contribution in [1.82, 2.24) is 10.6 Å². The number of aryl methyl sites for hydroxylation is 1. The average molecular weight is 343 g/mol. The first-order valence-corrected chi connectivity index (χ1v) is 7.93. The predicted octanol–water partition coefficient (Wildman–Crippen LogP) is 2.20. The number of benzene rings is 1. The number of carbonyl (C=O) groups excluding carboxylic acids is 1. The highest BCUT2D eigenvalue weighted by molar-refractivity contribution is 5.85. The summed E-state index contributed by atoms with van der Waals surface area (Å²) in [4.78, 5) is 12.2. The van der Waals surface area contributed by atoms with Gasteiger partial charge >= 0.3 is 0 Å². The maximum absolute atomic E-state index is 12.2. The Kier molecular flexibility index (Phi) is 8.99. The Morgan fingerprint density at radius 2 is 2.17 bits per heavy atom. The maximum Gasteiger partial charge on any atom is 0.237 e. The van der Waals surface area contributed by atoms with Crippen molar-refractivity contribution in [3.63, 3.8) is 0 Å². The molecule has 23 heavy (non-hydrogen) atoms. The first-order valence-electron chi connectivity index (χ1n) is 7.93. The number of amides is 1. The molecule has 1 saturated heterocycles. The highest BCUT2D eigenvalue weighted by Gasteiger charge is 2.20. The van der Waals surface area contributed by atoms with Gasteiger partial charge in [0.1, 0.15) is 12.4 Å². The van der Waals surface area contributed by atoms with Crippen molar-refractivity contribution in [1.29, 1.82) is 0 Å². The van der Waals surface area contributed by atoms with Gasteiger partial charge in [-0.3, -0.25) is 4.79 Å². The van der Waals surface area contributed by atoms with E-state index in [1.165, 1.54) is 0 Å². The molecule has 0 radical (unpaired) electrons. The van der Waals surface area contributed by atoms with Gasteiger partial charge in [-0.05, 0) is 37.9 Å². The smallest absolute Gasteiger partial charge is 0.237 e. The molecule has 1 heterocycles. The van der Waals surface area contributed by atoms with Crippen LogP contribution in [0.5, 0.6) is 5.75 Å². The number of halogens is 1. The first kappa shape index (κ1) is 19.7. The standard InChI is InChI=1S/C17H26N2O3.ClH/c1-13-6-7-14(16(11-13)22-10-9-21-2)12-19-17(20)15-5-3-4-8-18-15;/h6-7,11,15,18H,3-5,8-10,12H2,1-2H3,(H,19,20);1H. The Balaban J connectivity index is 0.00000264. The minimum atomic E-state index is -0.0583. The van der Waals surface area contributed by atoms with Gasteiger partial charge in [0.2, 0.25) is 5.91 Å². The third kappa shape index (κ3) is 6.37. The maximum atomic E-state index is 12.2. The van der Waals surface area contributed by atoms with Gasteiger partial charge in [0, 0.05) is 19.2 Å². The second kappa shape index (κ2) is 10.5. The van der Waals surface area contributed by atoms with Crippen molar-refractivity contribution in [3.8, 4) is 5.75 Å². The lowest BCUT2D eigenvalue weighted by molar-refractivity contribution is -0.123. The lowest BCUT2D eigenvalue weighted by Crippen LogP contribution is -2.46. The summed E-state index contributed by atoms with van der Waals surface area (Å²) in [5, 5.41) is 6.27. The molecule has 1 aromatic carbocycles. The molecule has 1 atom stereocenters. The fourth-order valence-electron chi connectivity index (χ4n) is 2.56. The number of rotatable bonds is 7. The molecular formula is C17H27ClN2O3. The molecule has 1 unspecified atom stereocenters. The third-order valence-corrected chi connectivity index (χ3v) is 3.85. The molecule has 130 valence electrons. The van der Waals surface area contributed by atoms with Gasteiger partial charge in [0.05, 0.1) is 12.6 Å². The van der Waals surface area contributed by atoms with E-state index in [1.54, 1.807) is 7.11 Å². The van der Waals surface area contributed by atoms with Gasteiger partial charge < -0.3 is 20.1 Å². The Hall–Kier alpha value is -1.30. The van der Waals surface area contributed by atoms with Gasteiger partial charge in [0.25, 0.3) is 0 Å². The molecule has 6 heteroatoms. The van der Waals surface area contributed by atoms with Gasteiger partial charge in [-0.15, -0.1) is 12.4 Å². The summed E-state index contributed by atoms with van der Waals surface area (Å²) in [7, 11) is 1.65. The zero-order valence-electron chi connectivity index (χ0n) is 13.9. The predicted molar refractivity (Wildman–Crippen MR) is 93.3 cm³/mol. The summed E-state index contributed by atoms with van der Waals surface area (Å²) in [6.07, 6.45) is 3.18. The van der Waals surface area contributed by atoms with Crippen LogP contribution >= 0.6 is 12.4 Å². The summed E-state index contributed by atoms with van der Waals surface area (Å²) in [5.74, 6) is 0.886. The molecule has 2 N–H and O–H groups in total. The van der Waals surface area contributed by atoms with Crippen LogP contribution in [0.3, 0.4) is 0 Å². The summed E-state index contributed by atoms with van der Waals surface area (Å²) < 4.78 is 10.8. The average Bonchev–Trinajstić information content (AvgIpc) is 2.55. The molecule has 1 fully saturated rings. The molecule has 2 rings (SSSR count). The SMILES string of the molecule is COCCOc1cc(C)ccc1CNC(=O)C1CCCCN1.Cl. The van der Waals surface area contributed by atoms with Gasteiger partial charge in [-0.25, -0.2) is 0 Å². The van der Waals surface area contributed by atoms with E-state index in [2.05, 4.69) is 10.6 Å². The Bertz CT molecular complexity index is 491. The number of piperidine rings is 1. The molecule has 1 aromatic rings. The normalized spacial score (nSPS) is 17.2. The Morgan fingerprint density at radius 3 is 2.87 bits per heavy atom. The van der Waals surface area contributed by atoms with Crippen LogP contribution in [0.25, 0.3) is 0 Å². The van der Waals surface area contributed by atoms with Crippen LogP contribution in [0.2, 0.25) is 0 Å². The highest BCUT2D eigenvalue weighted by atomic mass is 35.5. The minimum Gasteiger partial charge on any atom is -0.491 e. The minimum absolute atomic E-state index is 0. The fraction of sp³-hybridized carbons (Fsp3) is 0.588. The lowest BCUT2D eigenvalue weighted by Gasteiger charge is -2.22. The molecule has 0 spiro atoms. The molecule has 0 saturated carbocycles. The van der Waals surface area contributed by atoms with Crippen LogP contribution in [0, 0.1) is 6.92 Å². The van der Waals surface area contributed by atoms with E-state index >= 15 is 0 Å². The van der Waals surface area contributed by atoms with Crippen LogP contribution in [-0.2, 0) is 16.1 Å². The van der Waals surface area contributed by atoms with E-state index < -0.39 is 0 Å². The Morgan fingerprint density at radius 1 is 1.35 bits per heavy atom. The molecule has 5 nitrogen and oxygen atoms in total. The van der Waals surface area contributed by atoms with Crippen molar-refractivity contribution in [3.05, 3.63) is 29.3 Å². The highest BCUT2D eigenvalue weighted by Crippen LogP contribution is 2.20. The monoisotopic (exact) mass is 342 g/mol. The largest absolute Gasteiger partial charge is 0.491 e. The molecule has 0 bridgehead atoms. The molecule has 1 aliphatic rings. The number of nitrogens with one attached hydrogen (secondary N) is 2. The Labute approximate surface area is 144 Å². The van der Waals surface area contributed by atoms with Gasteiger partial charge in [0.15, 0.2) is 0 Å². The van der Waals surface area contributed by atoms with E-state index in [0.717, 1.165) is 42.7 Å². The van der Waals surface area contributed by atoms with Crippen molar-refractivity contribution < 1.29 is 14.3 Å². The topological polar surface area (TPSA) is 59.6 Å². The van der Waals surface area contributed by atoms with E-state index in [4.69, 9.17) is 9.47 Å². The molecule has 1 amide bonds. The number of hydrogen-bond acceptors (Lipinski definition) is 4. The van der Waals surface area contributed by atoms with E-state index in [9.17, 15) is 4.79 Å². The molecule has 1 aliphatic heterocycles. The zero-order valence-corrected chi connectivity index (χ0v) is 14.7. The van der Waals surface area contributed by atoms with Crippen molar-refractivity contribution in [2.45, 2.75) is 38.8 Å². The number of carbonyl (C=O) groups is 1. The summed E-state index contributed by atoms with van der Waals surface area (Å²) in [6, 6.07) is 5.98. The molecule has 0 aromatic heterocycles. The van der Waals surface area contributed by atoms with Crippen molar-refractivity contribution in [2.24, 2.45) is 0 Å². The second-order valence-corrected chi connectivity index (χ2v) is 5.67. The van der Waals surface area contributed by atoms with Crippen LogP contribution in [0.15, 0.2) is 18.2 Å². The quantitative estimate of drug-likeness (QED) is 0.746. The zero-order chi connectivity index (χ0) is 15.8. The first-order chi connectivity index (χ1) is 10.7. The fourth-order valence-corrected chi connectivity index (χ4v) is 2.56. The summed E-state index contributed by atoms with van der Waals surface area (Å²) in [5.41, 5.74) is 2.13. The third-order valence-electron chi connectivity index (χ3n) is 3.85. The number of hydrogen-bond donors (Lipinski definition) is 2. The summed E-state index contributed by atoms with van der Waals surface area (Å²) in [6.45, 7) is 4.49. The van der Waals surface area contributed by atoms with Gasteiger partial charge in [-0.2, -0.15) is 0 Å². The summed E-state index contributed by atoms with van der Waals surface area (Å²) >= 11 is 0. The van der Waals surface area contributed by atoms with Crippen LogP contribution in [0.1, 0.15) is 30.4 Å².